The lowest BCUT2D eigenvalue weighted by Crippen LogP contribution is -2.39. The minimum absolute atomic E-state index is 0.00202. The van der Waals surface area contributed by atoms with Gasteiger partial charge < -0.3 is 29.9 Å². The van der Waals surface area contributed by atoms with Gasteiger partial charge in [0.25, 0.3) is 0 Å². The summed E-state index contributed by atoms with van der Waals surface area (Å²) in [4.78, 5) is 17.3. The number of hydrogen-bond donors (Lipinski definition) is 2. The third kappa shape index (κ3) is 4.88. The summed E-state index contributed by atoms with van der Waals surface area (Å²) in [5, 5.41) is 5.96. The van der Waals surface area contributed by atoms with Gasteiger partial charge in [0.15, 0.2) is 11.5 Å². The molecule has 0 saturated carbocycles. The number of urea groups is 1. The highest BCUT2D eigenvalue weighted by atomic mass is 16.5. The second-order valence-electron chi connectivity index (χ2n) is 8.45. The molecule has 0 fully saturated rings. The Balaban J connectivity index is 1.54. The first-order valence-corrected chi connectivity index (χ1v) is 11.4. The van der Waals surface area contributed by atoms with E-state index in [2.05, 4.69) is 69.0 Å². The molecule has 178 valence electrons. The van der Waals surface area contributed by atoms with Crippen LogP contribution in [0.25, 0.3) is 0 Å². The van der Waals surface area contributed by atoms with Crippen LogP contribution in [0.2, 0.25) is 0 Å². The lowest BCUT2D eigenvalue weighted by Gasteiger charge is -2.31. The van der Waals surface area contributed by atoms with Crippen molar-refractivity contribution >= 4 is 23.1 Å². The fourth-order valence-corrected chi connectivity index (χ4v) is 4.43. The Hall–Kier alpha value is -3.87. The van der Waals surface area contributed by atoms with Gasteiger partial charge >= 0.3 is 6.03 Å². The summed E-state index contributed by atoms with van der Waals surface area (Å²) in [7, 11) is 7.19. The van der Waals surface area contributed by atoms with E-state index in [0.717, 1.165) is 24.2 Å². The highest BCUT2D eigenvalue weighted by Gasteiger charge is 2.27. The van der Waals surface area contributed by atoms with Crippen molar-refractivity contribution in [1.29, 1.82) is 0 Å². The average molecular weight is 461 g/mol. The molecule has 3 aromatic rings. The molecule has 0 aromatic heterocycles. The van der Waals surface area contributed by atoms with Gasteiger partial charge in [0.2, 0.25) is 0 Å². The van der Waals surface area contributed by atoms with E-state index in [-0.39, 0.29) is 12.1 Å². The van der Waals surface area contributed by atoms with Crippen LogP contribution >= 0.6 is 0 Å². The Morgan fingerprint density at radius 2 is 1.76 bits per heavy atom. The molecule has 2 N–H and O–H groups in total. The molecule has 2 amide bonds. The molecule has 0 bridgehead atoms. The van der Waals surface area contributed by atoms with E-state index >= 15 is 0 Å². The lowest BCUT2D eigenvalue weighted by molar-refractivity contribution is 0.251. The topological polar surface area (TPSA) is 66.1 Å². The third-order valence-corrected chi connectivity index (χ3v) is 6.20. The molecule has 1 heterocycles. The smallest absolute Gasteiger partial charge is 0.319 e. The molecule has 1 aliphatic heterocycles. The van der Waals surface area contributed by atoms with Gasteiger partial charge in [-0.15, -0.1) is 0 Å². The molecule has 0 saturated heterocycles. The van der Waals surface area contributed by atoms with Crippen molar-refractivity contribution < 1.29 is 14.3 Å². The number of rotatable bonds is 8. The lowest BCUT2D eigenvalue weighted by atomic mass is 10.0. The first kappa shape index (κ1) is 23.3. The fourth-order valence-electron chi connectivity index (χ4n) is 4.43. The number of hydrogen-bond acceptors (Lipinski definition) is 5. The average Bonchev–Trinajstić information content (AvgIpc) is 3.28. The summed E-state index contributed by atoms with van der Waals surface area (Å²) < 4.78 is 10.8. The Morgan fingerprint density at radius 3 is 2.47 bits per heavy atom. The molecule has 0 radical (unpaired) electrons. The molecular weight excluding hydrogens is 428 g/mol. The molecule has 0 spiro atoms. The van der Waals surface area contributed by atoms with E-state index in [9.17, 15) is 4.79 Å². The van der Waals surface area contributed by atoms with Crippen molar-refractivity contribution in [3.8, 4) is 11.5 Å². The highest BCUT2D eigenvalue weighted by Crippen LogP contribution is 2.36. The predicted octanol–water partition coefficient (Wildman–Crippen LogP) is 4.70. The number of para-hydroxylation sites is 2. The number of nitrogens with zero attached hydrogens (tertiary/aromatic N) is 2. The van der Waals surface area contributed by atoms with Gasteiger partial charge in [-0.05, 0) is 47.9 Å². The molecule has 1 aliphatic rings. The van der Waals surface area contributed by atoms with Gasteiger partial charge in [0.1, 0.15) is 0 Å². The van der Waals surface area contributed by atoms with Crippen molar-refractivity contribution in [2.45, 2.75) is 12.5 Å². The van der Waals surface area contributed by atoms with E-state index < -0.39 is 0 Å². The molecule has 0 aliphatic carbocycles. The molecule has 1 atom stereocenters. The molecule has 7 nitrogen and oxygen atoms in total. The number of carbonyl (C=O) groups is 1. The number of fused-ring (bicyclic) bond motifs is 1. The Morgan fingerprint density at radius 1 is 1.00 bits per heavy atom. The van der Waals surface area contributed by atoms with Gasteiger partial charge in [0.05, 0.1) is 25.9 Å². The van der Waals surface area contributed by atoms with Gasteiger partial charge in [0, 0.05) is 38.6 Å². The van der Waals surface area contributed by atoms with Crippen LogP contribution in [0.1, 0.15) is 17.2 Å². The maximum Gasteiger partial charge on any atom is 0.319 e. The van der Waals surface area contributed by atoms with Crippen LogP contribution in [0.15, 0.2) is 66.7 Å². The van der Waals surface area contributed by atoms with Crippen LogP contribution in [0, 0.1) is 0 Å². The summed E-state index contributed by atoms with van der Waals surface area (Å²) in [6, 6.07) is 22.1. The maximum absolute atomic E-state index is 12.9. The molecule has 4 rings (SSSR count). The Kier molecular flexibility index (Phi) is 7.11. The Labute approximate surface area is 201 Å². The van der Waals surface area contributed by atoms with Crippen LogP contribution < -0.4 is 29.9 Å². The van der Waals surface area contributed by atoms with Crippen LogP contribution in [0.4, 0.5) is 21.9 Å². The van der Waals surface area contributed by atoms with Crippen molar-refractivity contribution in [3.63, 3.8) is 0 Å². The molecule has 3 aromatic carbocycles. The second kappa shape index (κ2) is 10.4. The number of methoxy groups -OCH3 is 2. The van der Waals surface area contributed by atoms with Crippen molar-refractivity contribution in [2.75, 3.05) is 56.5 Å². The number of amides is 2. The number of carbonyl (C=O) groups excluding carboxylic acids is 1. The summed E-state index contributed by atoms with van der Waals surface area (Å²) in [5.41, 5.74) is 5.41. The normalized spacial score (nSPS) is 13.1. The molecule has 7 heteroatoms. The number of nitrogens with one attached hydrogen (secondary N) is 2. The predicted molar refractivity (Wildman–Crippen MR) is 138 cm³/mol. The van der Waals surface area contributed by atoms with Gasteiger partial charge in [-0.1, -0.05) is 36.4 Å². The van der Waals surface area contributed by atoms with E-state index in [4.69, 9.17) is 9.47 Å². The zero-order valence-electron chi connectivity index (χ0n) is 20.2. The zero-order chi connectivity index (χ0) is 24.1. The van der Waals surface area contributed by atoms with E-state index in [1.807, 2.05) is 20.2 Å². The third-order valence-electron chi connectivity index (χ3n) is 6.20. The monoisotopic (exact) mass is 460 g/mol. The molecular formula is C27H32N4O3. The van der Waals surface area contributed by atoms with Crippen molar-refractivity contribution in [1.82, 2.24) is 5.32 Å². The van der Waals surface area contributed by atoms with Crippen LogP contribution in [-0.4, -0.2) is 47.4 Å². The SMILES string of the molecule is COc1cccc(NC(=O)NCC(c2ccc(N(C)C)cc2)N2CCc3ccccc32)c1OC. The minimum atomic E-state index is -0.297. The number of ether oxygens (including phenoxy) is 2. The van der Waals surface area contributed by atoms with Gasteiger partial charge in [-0.25, -0.2) is 4.79 Å². The quantitative estimate of drug-likeness (QED) is 0.510. The number of anilines is 3. The zero-order valence-corrected chi connectivity index (χ0v) is 20.2. The summed E-state index contributed by atoms with van der Waals surface area (Å²) in [6.07, 6.45) is 0.996. The number of benzene rings is 3. The van der Waals surface area contributed by atoms with E-state index in [1.54, 1.807) is 26.4 Å². The highest BCUT2D eigenvalue weighted by molar-refractivity contribution is 5.91. The fraction of sp³-hybridized carbons (Fsp3) is 0.296. The van der Waals surface area contributed by atoms with Crippen molar-refractivity contribution in [2.24, 2.45) is 0 Å². The van der Waals surface area contributed by atoms with E-state index in [0.29, 0.717) is 23.7 Å². The summed E-state index contributed by atoms with van der Waals surface area (Å²) in [6.45, 7) is 1.36. The maximum atomic E-state index is 12.9. The van der Waals surface area contributed by atoms with Crippen LogP contribution in [0.5, 0.6) is 11.5 Å². The van der Waals surface area contributed by atoms with Gasteiger partial charge in [-0.2, -0.15) is 0 Å². The largest absolute Gasteiger partial charge is 0.493 e. The Bertz CT molecular complexity index is 1130. The minimum Gasteiger partial charge on any atom is -0.493 e. The van der Waals surface area contributed by atoms with Gasteiger partial charge in [-0.3, -0.25) is 0 Å². The standard InChI is InChI=1S/C27H32N4O3/c1-30(2)21-14-12-20(13-15-21)24(31-17-16-19-8-5-6-10-23(19)31)18-28-27(32)29-22-9-7-11-25(33-3)26(22)34-4/h5-15,24H,16-18H2,1-4H3,(H2,28,29,32). The summed E-state index contributed by atoms with van der Waals surface area (Å²) in [5.74, 6) is 1.05. The second-order valence-corrected chi connectivity index (χ2v) is 8.45. The van der Waals surface area contributed by atoms with Crippen molar-refractivity contribution in [3.05, 3.63) is 77.9 Å². The van der Waals surface area contributed by atoms with E-state index in [1.165, 1.54) is 11.3 Å². The molecule has 1 unspecified atom stereocenters. The first-order chi connectivity index (χ1) is 16.5. The van der Waals surface area contributed by atoms with Crippen LogP contribution in [0.3, 0.4) is 0 Å². The first-order valence-electron chi connectivity index (χ1n) is 11.4. The molecule has 34 heavy (non-hydrogen) atoms. The summed E-state index contributed by atoms with van der Waals surface area (Å²) >= 11 is 0. The van der Waals surface area contributed by atoms with Crippen LogP contribution in [-0.2, 0) is 6.42 Å².